The monoisotopic (exact) mass is 533 g/mol. The number of hydrogen-bond acceptors (Lipinski definition) is 5. The van der Waals surface area contributed by atoms with E-state index in [1.165, 1.54) is 0 Å². The summed E-state index contributed by atoms with van der Waals surface area (Å²) in [7, 11) is 3.51. The van der Waals surface area contributed by atoms with Gasteiger partial charge in [-0.15, -0.1) is 24.0 Å². The standard InChI is InChI=1S/C22H27N7O.HI/c1-23-22(25-15-17-8-11-24-21(14-17)29-12-5-10-26-29)27-18-9-13-28(16-18)19-6-3-4-7-20(19)30-2;/h3-8,10-12,14,18H,9,13,15-16H2,1-2H3,(H2,23,25,27);1H. The zero-order valence-electron chi connectivity index (χ0n) is 17.7. The number of benzene rings is 1. The number of guanidine groups is 1. The van der Waals surface area contributed by atoms with E-state index in [0.29, 0.717) is 12.6 Å². The Labute approximate surface area is 199 Å². The molecule has 1 unspecified atom stereocenters. The lowest BCUT2D eigenvalue weighted by Gasteiger charge is -2.22. The van der Waals surface area contributed by atoms with E-state index in [2.05, 4.69) is 36.7 Å². The summed E-state index contributed by atoms with van der Waals surface area (Å²) in [4.78, 5) is 11.1. The molecule has 1 fully saturated rings. The van der Waals surface area contributed by atoms with Gasteiger partial charge < -0.3 is 20.3 Å². The highest BCUT2D eigenvalue weighted by atomic mass is 127. The summed E-state index contributed by atoms with van der Waals surface area (Å²) in [5, 5.41) is 11.2. The summed E-state index contributed by atoms with van der Waals surface area (Å²) in [5.41, 5.74) is 2.25. The van der Waals surface area contributed by atoms with Crippen LogP contribution in [0.1, 0.15) is 12.0 Å². The Bertz CT molecular complexity index is 993. The van der Waals surface area contributed by atoms with Crippen LogP contribution in [0.2, 0.25) is 0 Å². The van der Waals surface area contributed by atoms with Crippen molar-refractivity contribution in [1.82, 2.24) is 25.4 Å². The molecule has 2 N–H and O–H groups in total. The van der Waals surface area contributed by atoms with Gasteiger partial charge in [-0.3, -0.25) is 4.99 Å². The molecule has 164 valence electrons. The number of hydrogen-bond donors (Lipinski definition) is 2. The lowest BCUT2D eigenvalue weighted by Crippen LogP contribution is -2.44. The number of ether oxygens (including phenoxy) is 1. The number of anilines is 1. The van der Waals surface area contributed by atoms with Crippen molar-refractivity contribution in [3.63, 3.8) is 0 Å². The molecule has 1 atom stereocenters. The van der Waals surface area contributed by atoms with E-state index in [1.807, 2.05) is 42.6 Å². The van der Waals surface area contributed by atoms with Crippen LogP contribution in [0.25, 0.3) is 5.82 Å². The summed E-state index contributed by atoms with van der Waals surface area (Å²) < 4.78 is 7.26. The van der Waals surface area contributed by atoms with Crippen LogP contribution in [0.4, 0.5) is 5.69 Å². The molecule has 1 aliphatic heterocycles. The first-order valence-electron chi connectivity index (χ1n) is 10.1. The van der Waals surface area contributed by atoms with Crippen LogP contribution < -0.4 is 20.3 Å². The molecule has 0 radical (unpaired) electrons. The third-order valence-electron chi connectivity index (χ3n) is 5.19. The van der Waals surface area contributed by atoms with Gasteiger partial charge in [-0.2, -0.15) is 5.10 Å². The van der Waals surface area contributed by atoms with E-state index < -0.39 is 0 Å². The molecule has 3 heterocycles. The number of methoxy groups -OCH3 is 1. The zero-order chi connectivity index (χ0) is 20.8. The molecule has 0 spiro atoms. The topological polar surface area (TPSA) is 79.6 Å². The van der Waals surface area contributed by atoms with Crippen LogP contribution in [-0.2, 0) is 6.54 Å². The van der Waals surface area contributed by atoms with E-state index in [-0.39, 0.29) is 24.0 Å². The molecule has 1 aromatic carbocycles. The molecule has 1 aliphatic rings. The molecule has 0 bridgehead atoms. The number of nitrogens with zero attached hydrogens (tertiary/aromatic N) is 5. The van der Waals surface area contributed by atoms with Crippen molar-refractivity contribution in [1.29, 1.82) is 0 Å². The molecule has 1 saturated heterocycles. The molecular formula is C22H28IN7O. The molecule has 8 nitrogen and oxygen atoms in total. The predicted molar refractivity (Wildman–Crippen MR) is 134 cm³/mol. The summed E-state index contributed by atoms with van der Waals surface area (Å²) in [5.74, 6) is 2.50. The molecule has 9 heteroatoms. The molecule has 0 aliphatic carbocycles. The molecule has 3 aromatic rings. The largest absolute Gasteiger partial charge is 0.495 e. The minimum Gasteiger partial charge on any atom is -0.495 e. The number of pyridine rings is 1. The Hall–Kier alpha value is -2.82. The van der Waals surface area contributed by atoms with Crippen molar-refractivity contribution in [2.75, 3.05) is 32.1 Å². The van der Waals surface area contributed by atoms with E-state index in [0.717, 1.165) is 48.3 Å². The number of rotatable bonds is 6. The van der Waals surface area contributed by atoms with Crippen molar-refractivity contribution >= 4 is 35.6 Å². The Morgan fingerprint density at radius 3 is 2.87 bits per heavy atom. The lowest BCUT2D eigenvalue weighted by atomic mass is 10.2. The van der Waals surface area contributed by atoms with Crippen molar-refractivity contribution in [2.24, 2.45) is 4.99 Å². The molecule has 2 aromatic heterocycles. The van der Waals surface area contributed by atoms with E-state index >= 15 is 0 Å². The third kappa shape index (κ3) is 5.66. The van der Waals surface area contributed by atoms with Crippen LogP contribution in [0.15, 0.2) is 66.0 Å². The number of aromatic nitrogens is 3. The first-order chi connectivity index (χ1) is 14.8. The Kier molecular flexibility index (Phi) is 8.10. The summed E-state index contributed by atoms with van der Waals surface area (Å²) in [6.07, 6.45) is 6.46. The van der Waals surface area contributed by atoms with Crippen molar-refractivity contribution in [3.8, 4) is 11.6 Å². The second-order valence-corrected chi connectivity index (χ2v) is 7.15. The predicted octanol–water partition coefficient (Wildman–Crippen LogP) is 2.84. The highest BCUT2D eigenvalue weighted by molar-refractivity contribution is 14.0. The smallest absolute Gasteiger partial charge is 0.191 e. The van der Waals surface area contributed by atoms with E-state index in [1.54, 1.807) is 31.2 Å². The third-order valence-corrected chi connectivity index (χ3v) is 5.19. The highest BCUT2D eigenvalue weighted by Gasteiger charge is 2.25. The van der Waals surface area contributed by atoms with Gasteiger partial charge in [0.25, 0.3) is 0 Å². The van der Waals surface area contributed by atoms with Crippen molar-refractivity contribution in [3.05, 3.63) is 66.6 Å². The molecule has 4 rings (SSSR count). The maximum Gasteiger partial charge on any atom is 0.191 e. The molecule has 0 amide bonds. The first-order valence-corrected chi connectivity index (χ1v) is 10.1. The van der Waals surface area contributed by atoms with Gasteiger partial charge in [-0.25, -0.2) is 9.67 Å². The van der Waals surface area contributed by atoms with Gasteiger partial charge in [0.1, 0.15) is 5.75 Å². The summed E-state index contributed by atoms with van der Waals surface area (Å²) in [6.45, 7) is 2.53. The van der Waals surface area contributed by atoms with Gasteiger partial charge in [0.2, 0.25) is 0 Å². The van der Waals surface area contributed by atoms with Crippen LogP contribution in [0.3, 0.4) is 0 Å². The molecular weight excluding hydrogens is 505 g/mol. The van der Waals surface area contributed by atoms with Gasteiger partial charge in [0.05, 0.1) is 12.8 Å². The number of para-hydroxylation sites is 2. The Morgan fingerprint density at radius 2 is 2.10 bits per heavy atom. The molecule has 0 saturated carbocycles. The van der Waals surface area contributed by atoms with E-state index in [9.17, 15) is 0 Å². The van der Waals surface area contributed by atoms with Crippen LogP contribution in [0, 0.1) is 0 Å². The van der Waals surface area contributed by atoms with E-state index in [4.69, 9.17) is 4.74 Å². The summed E-state index contributed by atoms with van der Waals surface area (Å²) >= 11 is 0. The van der Waals surface area contributed by atoms with Gasteiger partial charge in [-0.1, -0.05) is 12.1 Å². The number of aliphatic imine (C=N–C) groups is 1. The van der Waals surface area contributed by atoms with Gasteiger partial charge in [0, 0.05) is 51.3 Å². The van der Waals surface area contributed by atoms with Crippen LogP contribution >= 0.6 is 24.0 Å². The fraction of sp³-hybridized carbons (Fsp3) is 0.318. The first kappa shape index (κ1) is 22.9. The Morgan fingerprint density at radius 1 is 1.23 bits per heavy atom. The maximum atomic E-state index is 5.51. The van der Waals surface area contributed by atoms with Crippen LogP contribution in [0.5, 0.6) is 5.75 Å². The Balaban J connectivity index is 0.00000272. The average Bonchev–Trinajstić information content (AvgIpc) is 3.49. The van der Waals surface area contributed by atoms with Crippen molar-refractivity contribution < 1.29 is 4.74 Å². The minimum absolute atomic E-state index is 0. The zero-order valence-corrected chi connectivity index (χ0v) is 20.1. The quantitative estimate of drug-likeness (QED) is 0.288. The SMILES string of the molecule is CN=C(NCc1ccnc(-n2cccn2)c1)NC1CCN(c2ccccc2OC)C1.I. The average molecular weight is 533 g/mol. The normalized spacial score (nSPS) is 16.0. The van der Waals surface area contributed by atoms with Crippen molar-refractivity contribution in [2.45, 2.75) is 19.0 Å². The highest BCUT2D eigenvalue weighted by Crippen LogP contribution is 2.30. The second-order valence-electron chi connectivity index (χ2n) is 7.15. The van der Waals surface area contributed by atoms with Crippen LogP contribution in [-0.4, -0.2) is 54.0 Å². The molecule has 31 heavy (non-hydrogen) atoms. The van der Waals surface area contributed by atoms with Gasteiger partial charge in [-0.05, 0) is 42.3 Å². The number of halogens is 1. The minimum atomic E-state index is 0. The maximum absolute atomic E-state index is 5.51. The lowest BCUT2D eigenvalue weighted by molar-refractivity contribution is 0.415. The number of nitrogens with one attached hydrogen (secondary N) is 2. The van der Waals surface area contributed by atoms with Gasteiger partial charge >= 0.3 is 0 Å². The second kappa shape index (κ2) is 11.0. The fourth-order valence-electron chi connectivity index (χ4n) is 3.66. The fourth-order valence-corrected chi connectivity index (χ4v) is 3.66. The summed E-state index contributed by atoms with van der Waals surface area (Å²) in [6, 6.07) is 14.4. The van der Waals surface area contributed by atoms with Gasteiger partial charge in [0.15, 0.2) is 11.8 Å².